The number of aliphatic imine (C=N–C) groups is 1. The fourth-order valence-electron chi connectivity index (χ4n) is 2.56. The van der Waals surface area contributed by atoms with E-state index in [4.69, 9.17) is 4.74 Å². The first-order valence-corrected chi connectivity index (χ1v) is 9.19. The summed E-state index contributed by atoms with van der Waals surface area (Å²) in [5.41, 5.74) is 0. The monoisotopic (exact) mass is 440 g/mol. The molecule has 1 aliphatic heterocycles. The number of nitrogens with one attached hydrogen (secondary N) is 2. The molecule has 0 saturated carbocycles. The Labute approximate surface area is 160 Å². The molecule has 138 valence electrons. The number of likely N-dealkylation sites (tertiary alicyclic amines) is 1. The lowest BCUT2D eigenvalue weighted by atomic mass is 10.1. The summed E-state index contributed by atoms with van der Waals surface area (Å²) in [5.74, 6) is 0.938. The summed E-state index contributed by atoms with van der Waals surface area (Å²) >= 11 is 0. The molecule has 0 amide bonds. The minimum atomic E-state index is 0. The molecule has 1 fully saturated rings. The van der Waals surface area contributed by atoms with Crippen molar-refractivity contribution in [2.75, 3.05) is 52.5 Å². The lowest BCUT2D eigenvalue weighted by Crippen LogP contribution is -2.42. The van der Waals surface area contributed by atoms with Crippen molar-refractivity contribution in [1.82, 2.24) is 15.5 Å². The summed E-state index contributed by atoms with van der Waals surface area (Å²) in [5, 5.41) is 6.75. The molecule has 2 N–H and O–H groups in total. The van der Waals surface area contributed by atoms with Gasteiger partial charge in [0.05, 0.1) is 0 Å². The number of rotatable bonds is 11. The van der Waals surface area contributed by atoms with Gasteiger partial charge in [0.15, 0.2) is 5.96 Å². The van der Waals surface area contributed by atoms with Gasteiger partial charge in [-0.1, -0.05) is 19.8 Å². The van der Waals surface area contributed by atoms with Crippen molar-refractivity contribution in [3.63, 3.8) is 0 Å². The standard InChI is InChI=1S/C17H36N4O.HI/c1-3-5-15-22-16-9-10-19-17(18-4-2)20-11-14-21-12-7-6-8-13-21;/h3-16H2,1-2H3,(H2,18,19,20);1H. The van der Waals surface area contributed by atoms with E-state index in [0.717, 1.165) is 58.2 Å². The van der Waals surface area contributed by atoms with Gasteiger partial charge in [-0.05, 0) is 45.7 Å². The van der Waals surface area contributed by atoms with Gasteiger partial charge in [-0.15, -0.1) is 24.0 Å². The Morgan fingerprint density at radius 2 is 1.78 bits per heavy atom. The third-order valence-corrected chi connectivity index (χ3v) is 3.87. The molecular formula is C17H37IN4O. The van der Waals surface area contributed by atoms with E-state index in [-0.39, 0.29) is 24.0 Å². The van der Waals surface area contributed by atoms with Gasteiger partial charge in [-0.3, -0.25) is 4.99 Å². The van der Waals surface area contributed by atoms with Crippen LogP contribution < -0.4 is 10.6 Å². The maximum Gasteiger partial charge on any atom is 0.191 e. The van der Waals surface area contributed by atoms with Crippen LogP contribution in [0.15, 0.2) is 4.99 Å². The first-order chi connectivity index (χ1) is 10.9. The van der Waals surface area contributed by atoms with E-state index < -0.39 is 0 Å². The van der Waals surface area contributed by atoms with Crippen LogP contribution in [0.2, 0.25) is 0 Å². The van der Waals surface area contributed by atoms with E-state index in [1.165, 1.54) is 38.8 Å². The van der Waals surface area contributed by atoms with Crippen LogP contribution in [-0.4, -0.2) is 63.3 Å². The van der Waals surface area contributed by atoms with Crippen LogP contribution in [0.1, 0.15) is 52.4 Å². The molecule has 0 radical (unpaired) electrons. The van der Waals surface area contributed by atoms with Crippen LogP contribution in [0.5, 0.6) is 0 Å². The van der Waals surface area contributed by atoms with Crippen LogP contribution >= 0.6 is 24.0 Å². The highest BCUT2D eigenvalue weighted by molar-refractivity contribution is 14.0. The van der Waals surface area contributed by atoms with Gasteiger partial charge < -0.3 is 20.3 Å². The molecule has 23 heavy (non-hydrogen) atoms. The Bertz CT molecular complexity index is 284. The zero-order valence-corrected chi connectivity index (χ0v) is 17.4. The smallest absolute Gasteiger partial charge is 0.191 e. The van der Waals surface area contributed by atoms with Crippen molar-refractivity contribution in [2.45, 2.75) is 52.4 Å². The van der Waals surface area contributed by atoms with Crippen molar-refractivity contribution in [3.05, 3.63) is 0 Å². The first-order valence-electron chi connectivity index (χ1n) is 9.19. The summed E-state index contributed by atoms with van der Waals surface area (Å²) in [4.78, 5) is 7.15. The third kappa shape index (κ3) is 12.9. The van der Waals surface area contributed by atoms with Crippen LogP contribution in [0.25, 0.3) is 0 Å². The highest BCUT2D eigenvalue weighted by Crippen LogP contribution is 2.07. The number of guanidine groups is 1. The number of hydrogen-bond donors (Lipinski definition) is 2. The SMILES string of the molecule is CCCCOCCCN=C(NCC)NCCN1CCCCC1.I. The fourth-order valence-corrected chi connectivity index (χ4v) is 2.56. The van der Waals surface area contributed by atoms with Crippen LogP contribution in [-0.2, 0) is 4.74 Å². The molecule has 0 unspecified atom stereocenters. The van der Waals surface area contributed by atoms with Crippen LogP contribution in [0.4, 0.5) is 0 Å². The van der Waals surface area contributed by atoms with Gasteiger partial charge in [-0.25, -0.2) is 0 Å². The molecule has 1 aliphatic rings. The molecule has 0 spiro atoms. The Morgan fingerprint density at radius 1 is 1.04 bits per heavy atom. The van der Waals surface area contributed by atoms with Crippen molar-refractivity contribution < 1.29 is 4.74 Å². The molecule has 1 saturated heterocycles. The number of hydrogen-bond acceptors (Lipinski definition) is 3. The molecule has 0 aromatic rings. The van der Waals surface area contributed by atoms with E-state index in [2.05, 4.69) is 34.4 Å². The number of ether oxygens (including phenoxy) is 1. The molecule has 6 heteroatoms. The predicted molar refractivity (Wildman–Crippen MR) is 110 cm³/mol. The molecule has 0 aliphatic carbocycles. The van der Waals surface area contributed by atoms with Gasteiger partial charge in [0.1, 0.15) is 0 Å². The van der Waals surface area contributed by atoms with Gasteiger partial charge in [0, 0.05) is 39.4 Å². The summed E-state index contributed by atoms with van der Waals surface area (Å²) in [7, 11) is 0. The lowest BCUT2D eigenvalue weighted by Gasteiger charge is -2.26. The number of halogens is 1. The number of unbranched alkanes of at least 4 members (excludes halogenated alkanes) is 1. The molecular weight excluding hydrogens is 403 g/mol. The zero-order chi connectivity index (χ0) is 15.9. The second-order valence-electron chi connectivity index (χ2n) is 5.91. The van der Waals surface area contributed by atoms with Crippen molar-refractivity contribution in [3.8, 4) is 0 Å². The van der Waals surface area contributed by atoms with Gasteiger partial charge in [0.2, 0.25) is 0 Å². The van der Waals surface area contributed by atoms with Gasteiger partial charge in [-0.2, -0.15) is 0 Å². The first kappa shape index (κ1) is 22.9. The van der Waals surface area contributed by atoms with E-state index in [0.29, 0.717) is 0 Å². The number of piperidine rings is 1. The second-order valence-corrected chi connectivity index (χ2v) is 5.91. The van der Waals surface area contributed by atoms with E-state index in [1.54, 1.807) is 0 Å². The molecule has 5 nitrogen and oxygen atoms in total. The Morgan fingerprint density at radius 3 is 2.48 bits per heavy atom. The van der Waals surface area contributed by atoms with E-state index in [9.17, 15) is 0 Å². The topological polar surface area (TPSA) is 48.9 Å². The average Bonchev–Trinajstić information content (AvgIpc) is 2.55. The summed E-state index contributed by atoms with van der Waals surface area (Å²) in [6.45, 7) is 12.3. The van der Waals surface area contributed by atoms with E-state index in [1.807, 2.05) is 0 Å². The summed E-state index contributed by atoms with van der Waals surface area (Å²) in [6.07, 6.45) is 7.45. The zero-order valence-electron chi connectivity index (χ0n) is 15.1. The van der Waals surface area contributed by atoms with Crippen molar-refractivity contribution in [1.29, 1.82) is 0 Å². The largest absolute Gasteiger partial charge is 0.381 e. The summed E-state index contributed by atoms with van der Waals surface area (Å²) < 4.78 is 5.56. The molecule has 0 aromatic carbocycles. The maximum absolute atomic E-state index is 5.56. The molecule has 0 aromatic heterocycles. The van der Waals surface area contributed by atoms with Gasteiger partial charge >= 0.3 is 0 Å². The van der Waals surface area contributed by atoms with E-state index >= 15 is 0 Å². The lowest BCUT2D eigenvalue weighted by molar-refractivity contribution is 0.130. The Hall–Kier alpha value is -0.0800. The highest BCUT2D eigenvalue weighted by Gasteiger charge is 2.09. The highest BCUT2D eigenvalue weighted by atomic mass is 127. The quantitative estimate of drug-likeness (QED) is 0.225. The minimum Gasteiger partial charge on any atom is -0.381 e. The third-order valence-electron chi connectivity index (χ3n) is 3.87. The van der Waals surface area contributed by atoms with Gasteiger partial charge in [0.25, 0.3) is 0 Å². The normalized spacial score (nSPS) is 16.0. The second kappa shape index (κ2) is 16.8. The average molecular weight is 440 g/mol. The predicted octanol–water partition coefficient (Wildman–Crippen LogP) is 2.85. The molecule has 0 atom stereocenters. The van der Waals surface area contributed by atoms with Crippen LogP contribution in [0, 0.1) is 0 Å². The Balaban J connectivity index is 0.00000484. The minimum absolute atomic E-state index is 0. The Kier molecular flexibility index (Phi) is 16.7. The van der Waals surface area contributed by atoms with Crippen LogP contribution in [0.3, 0.4) is 0 Å². The molecule has 1 rings (SSSR count). The fraction of sp³-hybridized carbons (Fsp3) is 0.941. The van der Waals surface area contributed by atoms with Crippen molar-refractivity contribution >= 4 is 29.9 Å². The number of nitrogens with zero attached hydrogens (tertiary/aromatic N) is 2. The maximum atomic E-state index is 5.56. The van der Waals surface area contributed by atoms with Crippen molar-refractivity contribution in [2.24, 2.45) is 4.99 Å². The summed E-state index contributed by atoms with van der Waals surface area (Å²) in [6, 6.07) is 0. The molecule has 0 bridgehead atoms. The molecule has 1 heterocycles.